The molecule has 0 aromatic heterocycles. The molecule has 2 fully saturated rings. The van der Waals surface area contributed by atoms with Gasteiger partial charge in [0.15, 0.2) is 0 Å². The highest BCUT2D eigenvalue weighted by Crippen LogP contribution is 2.36. The van der Waals surface area contributed by atoms with Crippen LogP contribution in [0, 0.1) is 0 Å². The van der Waals surface area contributed by atoms with E-state index >= 15 is 0 Å². The molecule has 0 radical (unpaired) electrons. The number of carbonyl (C=O) groups is 2. The predicted octanol–water partition coefficient (Wildman–Crippen LogP) is 0.670. The Balaban J connectivity index is 2.06. The first-order chi connectivity index (χ1) is 7.61. The summed E-state index contributed by atoms with van der Waals surface area (Å²) in [6.45, 7) is 3.03. The summed E-state index contributed by atoms with van der Waals surface area (Å²) in [6.07, 6.45) is 0. The molecule has 2 aliphatic heterocycles. The minimum absolute atomic E-state index is 0.00815. The van der Waals surface area contributed by atoms with Crippen molar-refractivity contribution in [2.24, 2.45) is 0 Å². The van der Waals surface area contributed by atoms with Gasteiger partial charge in [0.05, 0.1) is 0 Å². The number of hydrogen-bond donors (Lipinski definition) is 0. The first-order valence-electron chi connectivity index (χ1n) is 5.00. The molecule has 0 bridgehead atoms. The van der Waals surface area contributed by atoms with Gasteiger partial charge >= 0.3 is 0 Å². The number of allylic oxidation sites excluding steroid dienone is 2. The van der Waals surface area contributed by atoms with E-state index in [2.05, 4.69) is 0 Å². The van der Waals surface area contributed by atoms with Gasteiger partial charge < -0.3 is 9.80 Å². The van der Waals surface area contributed by atoms with Gasteiger partial charge in [0.1, 0.15) is 21.5 Å². The third kappa shape index (κ3) is 1.37. The van der Waals surface area contributed by atoms with Crippen LogP contribution < -0.4 is 0 Å². The number of hydrogen-bond acceptors (Lipinski definition) is 4. The molecule has 0 saturated carbocycles. The Morgan fingerprint density at radius 3 is 1.31 bits per heavy atom. The van der Waals surface area contributed by atoms with Crippen LogP contribution >= 0.6 is 23.2 Å². The van der Waals surface area contributed by atoms with Crippen LogP contribution in [0.15, 0.2) is 21.5 Å². The molecule has 84 valence electrons. The summed E-state index contributed by atoms with van der Waals surface area (Å²) in [6, 6.07) is 0. The maximum absolute atomic E-state index is 12.0. The Hall–Kier alpha value is -1.00. The number of ketones is 2. The highest BCUT2D eigenvalue weighted by Gasteiger charge is 2.42. The minimum atomic E-state index is -0.328. The van der Waals surface area contributed by atoms with Gasteiger partial charge in [-0.3, -0.25) is 9.59 Å². The molecule has 0 aromatic rings. The number of rotatable bonds is 2. The normalized spacial score (nSPS) is 24.6. The Morgan fingerprint density at radius 2 is 1.06 bits per heavy atom. The van der Waals surface area contributed by atoms with Crippen molar-refractivity contribution in [2.45, 2.75) is 0 Å². The molecule has 0 unspecified atom stereocenters. The van der Waals surface area contributed by atoms with Crippen LogP contribution in [0.5, 0.6) is 0 Å². The maximum atomic E-state index is 12.0. The summed E-state index contributed by atoms with van der Waals surface area (Å²) in [5, 5.41) is 0.0163. The highest BCUT2D eigenvalue weighted by molar-refractivity contribution is 6.56. The standard InChI is InChI=1S/C10H8Cl2N2O2/c11-5-7(13-1-2-13)9(15)6(12)8(10(5)16)14-3-4-14/h1-4H2. The average Bonchev–Trinajstić information content (AvgIpc) is 3.07. The molecule has 2 saturated heterocycles. The zero-order valence-corrected chi connectivity index (χ0v) is 9.81. The van der Waals surface area contributed by atoms with Gasteiger partial charge in [0.25, 0.3) is 0 Å². The number of nitrogens with zero attached hydrogens (tertiary/aromatic N) is 2. The van der Waals surface area contributed by atoms with Crippen molar-refractivity contribution in [3.8, 4) is 0 Å². The van der Waals surface area contributed by atoms with Crippen LogP contribution in [-0.4, -0.2) is 47.5 Å². The van der Waals surface area contributed by atoms with Crippen molar-refractivity contribution in [2.75, 3.05) is 26.2 Å². The first-order valence-corrected chi connectivity index (χ1v) is 5.75. The lowest BCUT2D eigenvalue weighted by atomic mass is 10.1. The fraction of sp³-hybridized carbons (Fsp3) is 0.400. The summed E-state index contributed by atoms with van der Waals surface area (Å²) < 4.78 is 0. The molecule has 6 heteroatoms. The van der Waals surface area contributed by atoms with Crippen LogP contribution in [-0.2, 0) is 9.59 Å². The Kier molecular flexibility index (Phi) is 2.06. The van der Waals surface area contributed by atoms with E-state index in [0.717, 1.165) is 26.2 Å². The summed E-state index contributed by atoms with van der Waals surface area (Å²) >= 11 is 11.9. The van der Waals surface area contributed by atoms with Gasteiger partial charge in [-0.05, 0) is 0 Å². The molecular weight excluding hydrogens is 251 g/mol. The first kappa shape index (κ1) is 10.2. The summed E-state index contributed by atoms with van der Waals surface area (Å²) in [5.41, 5.74) is 0.532. The molecule has 2 heterocycles. The van der Waals surface area contributed by atoms with Crippen molar-refractivity contribution < 1.29 is 9.59 Å². The lowest BCUT2D eigenvalue weighted by Crippen LogP contribution is -2.27. The predicted molar refractivity (Wildman–Crippen MR) is 58.9 cm³/mol. The Bertz CT molecular complexity index is 429. The maximum Gasteiger partial charge on any atom is 0.224 e. The quantitative estimate of drug-likeness (QED) is 0.540. The van der Waals surface area contributed by atoms with Gasteiger partial charge in [-0.1, -0.05) is 23.2 Å². The van der Waals surface area contributed by atoms with Crippen LogP contribution in [0.1, 0.15) is 0 Å². The molecule has 0 aromatic carbocycles. The van der Waals surface area contributed by atoms with E-state index < -0.39 is 0 Å². The monoisotopic (exact) mass is 258 g/mol. The zero-order valence-electron chi connectivity index (χ0n) is 8.30. The van der Waals surface area contributed by atoms with E-state index in [0.29, 0.717) is 0 Å². The number of halogens is 2. The Morgan fingerprint density at radius 1 is 0.750 bits per heavy atom. The molecule has 0 atom stereocenters. The fourth-order valence-corrected chi connectivity index (χ4v) is 2.32. The van der Waals surface area contributed by atoms with Crippen molar-refractivity contribution in [3.05, 3.63) is 21.5 Å². The second-order valence-corrected chi connectivity index (χ2v) is 4.71. The summed E-state index contributed by atoms with van der Waals surface area (Å²) in [7, 11) is 0. The third-order valence-electron chi connectivity index (χ3n) is 2.77. The largest absolute Gasteiger partial charge is 0.363 e. The fourth-order valence-electron chi connectivity index (χ4n) is 1.73. The SMILES string of the molecule is O=C1C(Cl)=C(N2CC2)C(=O)C(Cl)=C1N1CC1. The van der Waals surface area contributed by atoms with Gasteiger partial charge in [-0.25, -0.2) is 0 Å². The van der Waals surface area contributed by atoms with Crippen LogP contribution in [0.3, 0.4) is 0 Å². The molecule has 3 aliphatic rings. The van der Waals surface area contributed by atoms with E-state index in [1.807, 2.05) is 0 Å². The van der Waals surface area contributed by atoms with E-state index in [1.54, 1.807) is 9.80 Å². The molecule has 1 aliphatic carbocycles. The number of Topliss-reactive ketones (excluding diaryl/α,β-unsaturated/α-hetero) is 2. The summed E-state index contributed by atoms with van der Waals surface area (Å²) in [4.78, 5) is 27.4. The van der Waals surface area contributed by atoms with Gasteiger partial charge in [-0.15, -0.1) is 0 Å². The van der Waals surface area contributed by atoms with Crippen molar-refractivity contribution in [3.63, 3.8) is 0 Å². The lowest BCUT2D eigenvalue weighted by molar-refractivity contribution is -0.117. The smallest absolute Gasteiger partial charge is 0.224 e. The Labute approximate surface area is 102 Å². The van der Waals surface area contributed by atoms with E-state index in [-0.39, 0.29) is 33.0 Å². The van der Waals surface area contributed by atoms with Crippen LogP contribution in [0.4, 0.5) is 0 Å². The van der Waals surface area contributed by atoms with E-state index in [9.17, 15) is 9.59 Å². The zero-order chi connectivity index (χ0) is 11.4. The van der Waals surface area contributed by atoms with Gasteiger partial charge in [0, 0.05) is 26.2 Å². The molecule has 0 spiro atoms. The average molecular weight is 259 g/mol. The molecule has 3 rings (SSSR count). The lowest BCUT2D eigenvalue weighted by Gasteiger charge is -2.19. The molecule has 4 nitrogen and oxygen atoms in total. The minimum Gasteiger partial charge on any atom is -0.363 e. The van der Waals surface area contributed by atoms with Gasteiger partial charge in [-0.2, -0.15) is 0 Å². The van der Waals surface area contributed by atoms with E-state index in [4.69, 9.17) is 23.2 Å². The second-order valence-electron chi connectivity index (χ2n) is 3.96. The highest BCUT2D eigenvalue weighted by atomic mass is 35.5. The van der Waals surface area contributed by atoms with Crippen molar-refractivity contribution >= 4 is 34.8 Å². The van der Waals surface area contributed by atoms with Crippen LogP contribution in [0.2, 0.25) is 0 Å². The van der Waals surface area contributed by atoms with Crippen LogP contribution in [0.25, 0.3) is 0 Å². The van der Waals surface area contributed by atoms with Crippen molar-refractivity contribution in [1.29, 1.82) is 0 Å². The topological polar surface area (TPSA) is 40.2 Å². The van der Waals surface area contributed by atoms with E-state index in [1.165, 1.54) is 0 Å². The second kappa shape index (κ2) is 3.25. The summed E-state index contributed by atoms with van der Waals surface area (Å²) in [5.74, 6) is -0.656. The molecule has 0 N–H and O–H groups in total. The molecule has 0 amide bonds. The number of carbonyl (C=O) groups excluding carboxylic acids is 2. The van der Waals surface area contributed by atoms with Gasteiger partial charge in [0.2, 0.25) is 11.6 Å². The molecule has 16 heavy (non-hydrogen) atoms. The third-order valence-corrected chi connectivity index (χ3v) is 3.47. The van der Waals surface area contributed by atoms with Crippen molar-refractivity contribution in [1.82, 2.24) is 9.80 Å². The molecular formula is C10H8Cl2N2O2.